The summed E-state index contributed by atoms with van der Waals surface area (Å²) < 4.78 is 3.51. The number of benzene rings is 3. The van der Waals surface area contributed by atoms with Crippen LogP contribution >= 0.6 is 11.8 Å². The van der Waals surface area contributed by atoms with Gasteiger partial charge in [0.1, 0.15) is 0 Å². The molecule has 0 aliphatic heterocycles. The lowest BCUT2D eigenvalue weighted by Crippen LogP contribution is -2.22. The van der Waals surface area contributed by atoms with Crippen LogP contribution in [0.4, 0.5) is 0 Å². The molecule has 0 fully saturated rings. The molecule has 0 spiro atoms. The number of hydrogen-bond acceptors (Lipinski definition) is 5. The molecule has 0 amide bonds. The molecule has 0 aliphatic rings. The Bertz CT molecular complexity index is 1440. The van der Waals surface area contributed by atoms with Crippen molar-refractivity contribution in [1.29, 1.82) is 0 Å². The van der Waals surface area contributed by atoms with Gasteiger partial charge in [-0.1, -0.05) is 72.4 Å². The predicted octanol–water partition coefficient (Wildman–Crippen LogP) is 4.17. The van der Waals surface area contributed by atoms with Gasteiger partial charge in [-0.05, 0) is 36.2 Å². The van der Waals surface area contributed by atoms with Crippen molar-refractivity contribution in [3.8, 4) is 5.69 Å². The van der Waals surface area contributed by atoms with Crippen molar-refractivity contribution >= 4 is 28.4 Å². The molecular formula is C24H20N4O2S. The minimum absolute atomic E-state index is 0.134. The summed E-state index contributed by atoms with van der Waals surface area (Å²) in [6, 6.07) is 24.7. The second-order valence-electron chi connectivity index (χ2n) is 7.30. The van der Waals surface area contributed by atoms with E-state index in [0.717, 1.165) is 22.3 Å². The average molecular weight is 429 g/mol. The van der Waals surface area contributed by atoms with Gasteiger partial charge in [-0.15, -0.1) is 10.2 Å². The normalized spacial score (nSPS) is 12.5. The van der Waals surface area contributed by atoms with Crippen LogP contribution in [0, 0.1) is 6.92 Å². The van der Waals surface area contributed by atoms with Gasteiger partial charge in [0.05, 0.1) is 22.7 Å². The number of para-hydroxylation sites is 2. The summed E-state index contributed by atoms with van der Waals surface area (Å²) in [5.41, 5.74) is 3.21. The van der Waals surface area contributed by atoms with Crippen LogP contribution in [0.25, 0.3) is 22.4 Å². The number of aliphatic hydroxyl groups is 1. The molecule has 0 saturated carbocycles. The summed E-state index contributed by atoms with van der Waals surface area (Å²) in [5.74, 6) is 0.873. The zero-order chi connectivity index (χ0) is 21.4. The van der Waals surface area contributed by atoms with E-state index in [4.69, 9.17) is 0 Å². The second kappa shape index (κ2) is 8.02. The van der Waals surface area contributed by atoms with E-state index >= 15 is 0 Å². The summed E-state index contributed by atoms with van der Waals surface area (Å²) in [7, 11) is 0. The summed E-state index contributed by atoms with van der Waals surface area (Å²) in [4.78, 5) is 13.4. The maximum Gasteiger partial charge on any atom is 0.267 e. The van der Waals surface area contributed by atoms with Crippen molar-refractivity contribution in [3.63, 3.8) is 0 Å². The number of thioether (sulfide) groups is 1. The topological polar surface area (TPSA) is 72.4 Å². The zero-order valence-electron chi connectivity index (χ0n) is 16.8. The number of hydrogen-bond donors (Lipinski definition) is 1. The van der Waals surface area contributed by atoms with E-state index in [1.165, 1.54) is 11.8 Å². The van der Waals surface area contributed by atoms with Crippen LogP contribution in [0.15, 0.2) is 88.8 Å². The zero-order valence-corrected chi connectivity index (χ0v) is 17.7. The van der Waals surface area contributed by atoms with Crippen molar-refractivity contribution in [1.82, 2.24) is 19.2 Å². The number of aromatic nitrogens is 4. The smallest absolute Gasteiger partial charge is 0.267 e. The van der Waals surface area contributed by atoms with Crippen molar-refractivity contribution in [2.75, 3.05) is 5.75 Å². The molecule has 5 aromatic rings. The van der Waals surface area contributed by atoms with Gasteiger partial charge in [-0.2, -0.15) is 0 Å². The van der Waals surface area contributed by atoms with Crippen LogP contribution in [0.1, 0.15) is 17.2 Å². The van der Waals surface area contributed by atoms with E-state index in [-0.39, 0.29) is 5.56 Å². The molecule has 5 rings (SSSR count). The lowest BCUT2D eigenvalue weighted by molar-refractivity contribution is 0.204. The van der Waals surface area contributed by atoms with Crippen LogP contribution in [0.3, 0.4) is 0 Å². The van der Waals surface area contributed by atoms with Crippen molar-refractivity contribution in [2.45, 2.75) is 18.2 Å². The first-order chi connectivity index (χ1) is 15.1. The van der Waals surface area contributed by atoms with Gasteiger partial charge in [0.25, 0.3) is 5.56 Å². The fourth-order valence-electron chi connectivity index (χ4n) is 3.73. The molecule has 2 heterocycles. The first-order valence-corrected chi connectivity index (χ1v) is 10.9. The number of rotatable bonds is 5. The van der Waals surface area contributed by atoms with Crippen molar-refractivity contribution < 1.29 is 5.11 Å². The molecule has 7 heteroatoms. The molecule has 6 nitrogen and oxygen atoms in total. The first-order valence-electron chi connectivity index (χ1n) is 9.96. The van der Waals surface area contributed by atoms with Gasteiger partial charge in [-0.25, -0.2) is 4.57 Å². The van der Waals surface area contributed by atoms with E-state index < -0.39 is 6.10 Å². The Morgan fingerprint density at radius 3 is 2.45 bits per heavy atom. The van der Waals surface area contributed by atoms with E-state index in [1.54, 1.807) is 4.57 Å². The molecule has 154 valence electrons. The lowest BCUT2D eigenvalue weighted by atomic mass is 10.1. The summed E-state index contributed by atoms with van der Waals surface area (Å²) >= 11 is 1.41. The van der Waals surface area contributed by atoms with E-state index in [9.17, 15) is 9.90 Å². The number of fused-ring (bicyclic) bond motifs is 3. The largest absolute Gasteiger partial charge is 0.388 e. The summed E-state index contributed by atoms with van der Waals surface area (Å²) in [5, 5.41) is 20.5. The van der Waals surface area contributed by atoms with Crippen LogP contribution in [-0.4, -0.2) is 30.0 Å². The van der Waals surface area contributed by atoms with Gasteiger partial charge < -0.3 is 5.11 Å². The fraction of sp³-hybridized carbons (Fsp3) is 0.125. The molecule has 1 N–H and O–H groups in total. The fourth-order valence-corrected chi connectivity index (χ4v) is 4.64. The number of nitrogens with zero attached hydrogens (tertiary/aromatic N) is 4. The first kappa shape index (κ1) is 19.5. The predicted molar refractivity (Wildman–Crippen MR) is 123 cm³/mol. The maximum atomic E-state index is 13.4. The molecule has 1 unspecified atom stereocenters. The van der Waals surface area contributed by atoms with Gasteiger partial charge in [-0.3, -0.25) is 9.20 Å². The van der Waals surface area contributed by atoms with E-state index in [2.05, 4.69) is 10.2 Å². The number of aryl methyl sites for hydroxylation is 1. The minimum Gasteiger partial charge on any atom is -0.388 e. The molecule has 2 aromatic heterocycles. The second-order valence-corrected chi connectivity index (χ2v) is 8.29. The molecule has 0 saturated heterocycles. The average Bonchev–Trinajstić information content (AvgIpc) is 3.23. The van der Waals surface area contributed by atoms with Crippen molar-refractivity contribution in [3.05, 3.63) is 100 Å². The maximum absolute atomic E-state index is 13.4. The highest BCUT2D eigenvalue weighted by atomic mass is 32.2. The molecule has 0 aliphatic carbocycles. The molecule has 31 heavy (non-hydrogen) atoms. The van der Waals surface area contributed by atoms with Crippen LogP contribution < -0.4 is 5.56 Å². The SMILES string of the molecule is Cc1ccccc1-n1c(=O)c2ccccc2n2c(SCC(O)c3ccccc3)nnc12. The number of aliphatic hydroxyl groups excluding tert-OH is 1. The Kier molecular flexibility index (Phi) is 5.05. The van der Waals surface area contributed by atoms with Crippen LogP contribution in [0.2, 0.25) is 0 Å². The van der Waals surface area contributed by atoms with Gasteiger partial charge >= 0.3 is 0 Å². The van der Waals surface area contributed by atoms with Gasteiger partial charge in [0.2, 0.25) is 5.78 Å². The van der Waals surface area contributed by atoms with Gasteiger partial charge in [0, 0.05) is 5.75 Å². The highest BCUT2D eigenvalue weighted by molar-refractivity contribution is 7.99. The van der Waals surface area contributed by atoms with Crippen molar-refractivity contribution in [2.24, 2.45) is 0 Å². The highest BCUT2D eigenvalue weighted by Gasteiger charge is 2.19. The Hall–Kier alpha value is -3.42. The molecule has 3 aromatic carbocycles. The minimum atomic E-state index is -0.632. The van der Waals surface area contributed by atoms with Crippen LogP contribution in [0.5, 0.6) is 0 Å². The summed E-state index contributed by atoms with van der Waals surface area (Å²) in [6.07, 6.45) is -0.632. The monoisotopic (exact) mass is 428 g/mol. The quantitative estimate of drug-likeness (QED) is 0.426. The third-order valence-electron chi connectivity index (χ3n) is 5.31. The Labute approximate surface area is 182 Å². The third kappa shape index (κ3) is 3.41. The Balaban J connectivity index is 1.67. The molecule has 0 bridgehead atoms. The van der Waals surface area contributed by atoms with E-state index in [1.807, 2.05) is 90.2 Å². The lowest BCUT2D eigenvalue weighted by Gasteiger charge is -2.13. The molecule has 1 atom stereocenters. The van der Waals surface area contributed by atoms with Crippen LogP contribution in [-0.2, 0) is 0 Å². The van der Waals surface area contributed by atoms with Gasteiger partial charge in [0.15, 0.2) is 5.16 Å². The summed E-state index contributed by atoms with van der Waals surface area (Å²) in [6.45, 7) is 1.97. The van der Waals surface area contributed by atoms with E-state index in [0.29, 0.717) is 22.1 Å². The third-order valence-corrected chi connectivity index (χ3v) is 6.31. The standard InChI is InChI=1S/C24H20N4O2S/c1-16-9-5-7-13-19(16)27-22(30)18-12-6-8-14-20(18)28-23(27)25-26-24(28)31-15-21(29)17-10-3-2-4-11-17/h2-14,21,29H,15H2,1H3. The highest BCUT2D eigenvalue weighted by Crippen LogP contribution is 2.27. The molecular weight excluding hydrogens is 408 g/mol. The Morgan fingerprint density at radius 2 is 1.65 bits per heavy atom. The molecule has 0 radical (unpaired) electrons. The Morgan fingerprint density at radius 1 is 0.935 bits per heavy atom.